The molecule has 9 heteroatoms. The van der Waals surface area contributed by atoms with Crippen LogP contribution in [-0.2, 0) is 32.7 Å². The molecular formula is C54H98O7Si2. The van der Waals surface area contributed by atoms with E-state index in [-0.39, 0.29) is 11.9 Å². The van der Waals surface area contributed by atoms with Gasteiger partial charge in [-0.15, -0.1) is 0 Å². The molecule has 0 radical (unpaired) electrons. The molecular weight excluding hydrogens is 817 g/mol. The van der Waals surface area contributed by atoms with Gasteiger partial charge in [-0.1, -0.05) is 103 Å². The molecule has 0 aromatic carbocycles. The van der Waals surface area contributed by atoms with Gasteiger partial charge in [0.15, 0.2) is 16.6 Å². The highest BCUT2D eigenvalue weighted by molar-refractivity contribution is 6.84. The van der Waals surface area contributed by atoms with E-state index >= 15 is 0 Å². The molecule has 4 aliphatic rings. The van der Waals surface area contributed by atoms with Crippen LogP contribution >= 0.6 is 0 Å². The molecule has 4 saturated carbocycles. The highest BCUT2D eigenvalue weighted by Crippen LogP contribution is 2.43. The first-order valence-electron chi connectivity index (χ1n) is 27.0. The zero-order valence-corrected chi connectivity index (χ0v) is 43.5. The lowest BCUT2D eigenvalue weighted by Crippen LogP contribution is -2.44. The SMILES string of the molecule is C=CC(=O)OCCCCCCC1CCC(C2CCC(OCCCC[Si](C)(C)O[Si](C)(C)CCCCOC3CCC(C4CCC(CCCCCCOC(=O)C=C)CC4)CC3)CC2)CC1. The zero-order chi connectivity index (χ0) is 45.2. The van der Waals surface area contributed by atoms with Crippen LogP contribution in [0, 0.1) is 35.5 Å². The van der Waals surface area contributed by atoms with Crippen molar-refractivity contribution in [2.24, 2.45) is 35.5 Å². The third kappa shape index (κ3) is 23.3. The molecule has 0 bridgehead atoms. The highest BCUT2D eigenvalue weighted by Gasteiger charge is 2.34. The summed E-state index contributed by atoms with van der Waals surface area (Å²) >= 11 is 0. The van der Waals surface area contributed by atoms with Crippen molar-refractivity contribution >= 4 is 28.6 Å². The van der Waals surface area contributed by atoms with Gasteiger partial charge in [-0.3, -0.25) is 0 Å². The van der Waals surface area contributed by atoms with E-state index in [4.69, 9.17) is 23.1 Å². The van der Waals surface area contributed by atoms with E-state index in [2.05, 4.69) is 39.3 Å². The molecule has 0 N–H and O–H groups in total. The van der Waals surface area contributed by atoms with Gasteiger partial charge in [-0.05, 0) is 177 Å². The van der Waals surface area contributed by atoms with E-state index in [0.717, 1.165) is 74.4 Å². The first-order valence-corrected chi connectivity index (χ1v) is 33.2. The lowest BCUT2D eigenvalue weighted by atomic mass is 9.70. The molecule has 0 aromatic heterocycles. The average Bonchev–Trinajstić information content (AvgIpc) is 3.28. The minimum atomic E-state index is -1.68. The molecule has 4 aliphatic carbocycles. The molecule has 0 saturated heterocycles. The van der Waals surface area contributed by atoms with Gasteiger partial charge in [0, 0.05) is 25.4 Å². The lowest BCUT2D eigenvalue weighted by molar-refractivity contribution is -0.138. The standard InChI is InChI=1S/C54H98O7Si2/c1-7-53(55)59-41-15-11-9-13-21-45-23-27-47(28-24-45)49-31-35-51(36-32-49)57-39-17-19-43-62(3,4)61-63(5,6)44-20-18-40-58-52-37-33-50(34-38-52)48-29-25-46(26-30-48)22-14-10-12-16-42-60-54(56)8-2/h7-8,45-52H,1-2,9-44H2,3-6H3. The first kappa shape index (κ1) is 54.3. The van der Waals surface area contributed by atoms with E-state index < -0.39 is 16.6 Å². The van der Waals surface area contributed by atoms with Crippen LogP contribution in [0.25, 0.3) is 0 Å². The fourth-order valence-electron chi connectivity index (χ4n) is 12.2. The predicted octanol–water partition coefficient (Wildman–Crippen LogP) is 15.1. The van der Waals surface area contributed by atoms with E-state index in [1.54, 1.807) is 0 Å². The summed E-state index contributed by atoms with van der Waals surface area (Å²) in [5.74, 6) is 5.04. The van der Waals surface area contributed by atoms with E-state index in [1.807, 2.05) is 0 Å². The van der Waals surface area contributed by atoms with Crippen molar-refractivity contribution in [3.63, 3.8) is 0 Å². The predicted molar refractivity (Wildman–Crippen MR) is 267 cm³/mol. The highest BCUT2D eigenvalue weighted by atomic mass is 28.4. The van der Waals surface area contributed by atoms with Gasteiger partial charge in [-0.2, -0.15) is 0 Å². The summed E-state index contributed by atoms with van der Waals surface area (Å²) in [7, 11) is -3.35. The Kier molecular flexibility index (Phi) is 26.7. The second-order valence-corrected chi connectivity index (χ2v) is 30.9. The molecule has 0 spiro atoms. The molecule has 0 amide bonds. The summed E-state index contributed by atoms with van der Waals surface area (Å²) in [5, 5.41) is 0. The van der Waals surface area contributed by atoms with Crippen molar-refractivity contribution < 1.29 is 32.7 Å². The molecule has 0 heterocycles. The number of carbonyl (C=O) groups is 2. The molecule has 0 aliphatic heterocycles. The summed E-state index contributed by atoms with van der Waals surface area (Å²) in [6.07, 6.45) is 42.6. The van der Waals surface area contributed by atoms with Gasteiger partial charge < -0.3 is 23.1 Å². The Balaban J connectivity index is 0.928. The Morgan fingerprint density at radius 2 is 0.746 bits per heavy atom. The smallest absolute Gasteiger partial charge is 0.330 e. The van der Waals surface area contributed by atoms with Crippen molar-refractivity contribution in [2.75, 3.05) is 26.4 Å². The molecule has 4 fully saturated rings. The number of hydrogen-bond acceptors (Lipinski definition) is 7. The van der Waals surface area contributed by atoms with Crippen molar-refractivity contribution in [3.8, 4) is 0 Å². The molecule has 4 rings (SSSR count). The monoisotopic (exact) mass is 915 g/mol. The number of hydrogen-bond donors (Lipinski definition) is 0. The third-order valence-corrected chi connectivity index (χ3v) is 23.5. The minimum absolute atomic E-state index is 0.300. The number of carbonyl (C=O) groups excluding carboxylic acids is 2. The fraction of sp³-hybridized carbons (Fsp3) is 0.889. The van der Waals surface area contributed by atoms with Gasteiger partial charge in [0.05, 0.1) is 25.4 Å². The molecule has 364 valence electrons. The zero-order valence-electron chi connectivity index (χ0n) is 41.5. The summed E-state index contributed by atoms with van der Waals surface area (Å²) in [6.45, 7) is 19.6. The van der Waals surface area contributed by atoms with Gasteiger partial charge >= 0.3 is 11.9 Å². The van der Waals surface area contributed by atoms with Crippen LogP contribution < -0.4 is 0 Å². The Labute approximate surface area is 390 Å². The third-order valence-electron chi connectivity index (χ3n) is 16.0. The van der Waals surface area contributed by atoms with Crippen LogP contribution in [0.2, 0.25) is 38.3 Å². The van der Waals surface area contributed by atoms with Crippen molar-refractivity contribution in [2.45, 2.75) is 243 Å². The van der Waals surface area contributed by atoms with E-state index in [9.17, 15) is 9.59 Å². The molecule has 0 atom stereocenters. The maximum Gasteiger partial charge on any atom is 0.330 e. The van der Waals surface area contributed by atoms with Crippen LogP contribution in [-0.4, -0.2) is 67.2 Å². The van der Waals surface area contributed by atoms with E-state index in [1.165, 1.54) is 191 Å². The summed E-state index contributed by atoms with van der Waals surface area (Å²) in [4.78, 5) is 22.3. The molecule has 0 aromatic rings. The number of ether oxygens (including phenoxy) is 4. The normalized spacial score (nSPS) is 27.1. The minimum Gasteiger partial charge on any atom is -0.463 e. The van der Waals surface area contributed by atoms with Crippen LogP contribution in [0.4, 0.5) is 0 Å². The summed E-state index contributed by atoms with van der Waals surface area (Å²) in [5.41, 5.74) is 0. The first-order chi connectivity index (χ1) is 30.4. The maximum absolute atomic E-state index is 11.1. The Hall–Kier alpha value is -1.27. The van der Waals surface area contributed by atoms with Crippen LogP contribution in [0.15, 0.2) is 25.3 Å². The van der Waals surface area contributed by atoms with Gasteiger partial charge in [0.2, 0.25) is 0 Å². The fourth-order valence-corrected chi connectivity index (χ4v) is 21.2. The number of esters is 2. The lowest BCUT2D eigenvalue weighted by Gasteiger charge is -2.38. The van der Waals surface area contributed by atoms with E-state index in [0.29, 0.717) is 25.4 Å². The molecule has 0 unspecified atom stereocenters. The molecule has 7 nitrogen and oxygen atoms in total. The second-order valence-electron chi connectivity index (χ2n) is 22.1. The van der Waals surface area contributed by atoms with Crippen LogP contribution in [0.1, 0.15) is 193 Å². The Morgan fingerprint density at radius 1 is 0.429 bits per heavy atom. The second kappa shape index (κ2) is 30.9. The van der Waals surface area contributed by atoms with Gasteiger partial charge in [0.25, 0.3) is 0 Å². The molecule has 63 heavy (non-hydrogen) atoms. The average molecular weight is 916 g/mol. The maximum atomic E-state index is 11.1. The van der Waals surface area contributed by atoms with Gasteiger partial charge in [0.1, 0.15) is 0 Å². The quantitative estimate of drug-likeness (QED) is 0.0288. The summed E-state index contributed by atoms with van der Waals surface area (Å²) in [6, 6.07) is 2.50. The van der Waals surface area contributed by atoms with Crippen LogP contribution in [0.3, 0.4) is 0 Å². The largest absolute Gasteiger partial charge is 0.463 e. The Bertz CT molecular complexity index is 1150. The van der Waals surface area contributed by atoms with Crippen molar-refractivity contribution in [1.82, 2.24) is 0 Å². The van der Waals surface area contributed by atoms with Crippen LogP contribution in [0.5, 0.6) is 0 Å². The number of rotatable bonds is 32. The van der Waals surface area contributed by atoms with Gasteiger partial charge in [-0.25, -0.2) is 9.59 Å². The van der Waals surface area contributed by atoms with Crippen molar-refractivity contribution in [3.05, 3.63) is 25.3 Å². The Morgan fingerprint density at radius 3 is 1.10 bits per heavy atom. The van der Waals surface area contributed by atoms with Crippen molar-refractivity contribution in [1.29, 1.82) is 0 Å². The number of unbranched alkanes of at least 4 members (excludes halogenated alkanes) is 8. The topological polar surface area (TPSA) is 80.3 Å². The summed E-state index contributed by atoms with van der Waals surface area (Å²) < 4.78 is 30.1.